The van der Waals surface area contributed by atoms with Crippen LogP contribution in [0.4, 0.5) is 0 Å². The van der Waals surface area contributed by atoms with Crippen molar-refractivity contribution in [3.8, 4) is 5.75 Å². The molecule has 1 aromatic rings. The molecule has 0 aliphatic heterocycles. The SMILES string of the molecule is Cc1c(Cl)ccc(OCC(C)(C)C)c1C(=O)O. The van der Waals surface area contributed by atoms with Crippen LogP contribution >= 0.6 is 11.6 Å². The molecule has 0 aliphatic rings. The zero-order chi connectivity index (χ0) is 13.2. The molecule has 1 rings (SSSR count). The zero-order valence-corrected chi connectivity index (χ0v) is 11.3. The van der Waals surface area contributed by atoms with Crippen molar-refractivity contribution < 1.29 is 14.6 Å². The second-order valence-corrected chi connectivity index (χ2v) is 5.61. The van der Waals surface area contributed by atoms with Gasteiger partial charge < -0.3 is 9.84 Å². The van der Waals surface area contributed by atoms with Gasteiger partial charge in [-0.1, -0.05) is 32.4 Å². The Kier molecular flexibility index (Phi) is 4.04. The number of ether oxygens (including phenoxy) is 1. The van der Waals surface area contributed by atoms with Crippen LogP contribution < -0.4 is 4.74 Å². The Hall–Kier alpha value is -1.22. The highest BCUT2D eigenvalue weighted by molar-refractivity contribution is 6.31. The quantitative estimate of drug-likeness (QED) is 0.895. The molecule has 0 bridgehead atoms. The molecule has 1 aromatic carbocycles. The van der Waals surface area contributed by atoms with E-state index in [4.69, 9.17) is 21.4 Å². The molecule has 1 N–H and O–H groups in total. The van der Waals surface area contributed by atoms with Crippen LogP contribution in [0.15, 0.2) is 12.1 Å². The van der Waals surface area contributed by atoms with Crippen LogP contribution in [0.2, 0.25) is 5.02 Å². The fraction of sp³-hybridized carbons (Fsp3) is 0.462. The molecular formula is C13H17ClO3. The van der Waals surface area contributed by atoms with Gasteiger partial charge in [-0.3, -0.25) is 0 Å². The summed E-state index contributed by atoms with van der Waals surface area (Å²) in [5, 5.41) is 9.60. The Balaban J connectivity index is 3.08. The van der Waals surface area contributed by atoms with Gasteiger partial charge in [-0.05, 0) is 30.0 Å². The van der Waals surface area contributed by atoms with Gasteiger partial charge in [-0.2, -0.15) is 0 Å². The second kappa shape index (κ2) is 4.96. The van der Waals surface area contributed by atoms with Gasteiger partial charge >= 0.3 is 5.97 Å². The molecule has 0 atom stereocenters. The van der Waals surface area contributed by atoms with Crippen molar-refractivity contribution >= 4 is 17.6 Å². The topological polar surface area (TPSA) is 46.5 Å². The highest BCUT2D eigenvalue weighted by atomic mass is 35.5. The first-order valence-corrected chi connectivity index (χ1v) is 5.75. The van der Waals surface area contributed by atoms with Gasteiger partial charge in [0.2, 0.25) is 0 Å². The lowest BCUT2D eigenvalue weighted by atomic mass is 9.98. The van der Waals surface area contributed by atoms with E-state index >= 15 is 0 Å². The molecule has 0 amide bonds. The monoisotopic (exact) mass is 256 g/mol. The summed E-state index contributed by atoms with van der Waals surface area (Å²) in [5.41, 5.74) is 0.649. The predicted octanol–water partition coefficient (Wildman–Crippen LogP) is 3.77. The number of carboxylic acid groups (broad SMARTS) is 1. The van der Waals surface area contributed by atoms with E-state index in [1.165, 1.54) is 0 Å². The Bertz CT molecular complexity index is 433. The van der Waals surface area contributed by atoms with E-state index in [1.807, 2.05) is 20.8 Å². The largest absolute Gasteiger partial charge is 0.492 e. The van der Waals surface area contributed by atoms with Gasteiger partial charge in [-0.25, -0.2) is 4.79 Å². The van der Waals surface area contributed by atoms with Crippen molar-refractivity contribution in [2.75, 3.05) is 6.61 Å². The first kappa shape index (κ1) is 13.8. The molecule has 17 heavy (non-hydrogen) atoms. The van der Waals surface area contributed by atoms with Gasteiger partial charge in [0.25, 0.3) is 0 Å². The van der Waals surface area contributed by atoms with Crippen molar-refractivity contribution in [3.05, 3.63) is 28.3 Å². The van der Waals surface area contributed by atoms with E-state index < -0.39 is 5.97 Å². The first-order chi connectivity index (χ1) is 7.72. The molecule has 0 spiro atoms. The number of carboxylic acids is 1. The van der Waals surface area contributed by atoms with Crippen molar-refractivity contribution in [2.45, 2.75) is 27.7 Å². The Morgan fingerprint density at radius 1 is 1.41 bits per heavy atom. The molecule has 4 heteroatoms. The number of rotatable bonds is 3. The summed E-state index contributed by atoms with van der Waals surface area (Å²) in [6.45, 7) is 8.20. The van der Waals surface area contributed by atoms with Gasteiger partial charge in [0.15, 0.2) is 0 Å². The Labute approximate surface area is 106 Å². The average Bonchev–Trinajstić information content (AvgIpc) is 2.18. The third-order valence-corrected chi connectivity index (χ3v) is 2.64. The van der Waals surface area contributed by atoms with Crippen molar-refractivity contribution in [2.24, 2.45) is 5.41 Å². The van der Waals surface area contributed by atoms with Gasteiger partial charge in [-0.15, -0.1) is 0 Å². The van der Waals surface area contributed by atoms with Crippen LogP contribution in [-0.2, 0) is 0 Å². The van der Waals surface area contributed by atoms with Crippen LogP contribution in [0.1, 0.15) is 36.7 Å². The van der Waals surface area contributed by atoms with Gasteiger partial charge in [0.1, 0.15) is 11.3 Å². The fourth-order valence-electron chi connectivity index (χ4n) is 1.34. The third-order valence-electron chi connectivity index (χ3n) is 2.24. The molecular weight excluding hydrogens is 240 g/mol. The third kappa shape index (κ3) is 3.63. The number of carbonyl (C=O) groups is 1. The standard InChI is InChI=1S/C13H17ClO3/c1-8-9(14)5-6-10(11(8)12(15)16)17-7-13(2,3)4/h5-6H,7H2,1-4H3,(H,15,16). The maximum absolute atomic E-state index is 11.2. The molecule has 0 aliphatic carbocycles. The van der Waals surface area contributed by atoms with Crippen molar-refractivity contribution in [1.29, 1.82) is 0 Å². The Morgan fingerprint density at radius 3 is 2.47 bits per heavy atom. The minimum atomic E-state index is -1.02. The summed E-state index contributed by atoms with van der Waals surface area (Å²) in [6.07, 6.45) is 0. The minimum absolute atomic E-state index is 0.0245. The number of aromatic carboxylic acids is 1. The molecule has 0 heterocycles. The summed E-state index contributed by atoms with van der Waals surface area (Å²) < 4.78 is 5.56. The van der Waals surface area contributed by atoms with E-state index in [-0.39, 0.29) is 11.0 Å². The van der Waals surface area contributed by atoms with Crippen LogP contribution in [0, 0.1) is 12.3 Å². The van der Waals surface area contributed by atoms with Crippen LogP contribution in [0.25, 0.3) is 0 Å². The van der Waals surface area contributed by atoms with E-state index in [0.717, 1.165) is 0 Å². The normalized spacial score (nSPS) is 11.4. The number of hydrogen-bond acceptors (Lipinski definition) is 2. The van der Waals surface area contributed by atoms with Crippen LogP contribution in [-0.4, -0.2) is 17.7 Å². The van der Waals surface area contributed by atoms with Crippen molar-refractivity contribution in [3.63, 3.8) is 0 Å². The molecule has 0 radical (unpaired) electrons. The second-order valence-electron chi connectivity index (χ2n) is 5.20. The summed E-state index contributed by atoms with van der Waals surface area (Å²) in [6, 6.07) is 3.26. The fourth-order valence-corrected chi connectivity index (χ4v) is 1.50. The van der Waals surface area contributed by atoms with Gasteiger partial charge in [0.05, 0.1) is 6.61 Å². The summed E-state index contributed by atoms with van der Waals surface area (Å²) in [7, 11) is 0. The number of hydrogen-bond donors (Lipinski definition) is 1. The summed E-state index contributed by atoms with van der Waals surface area (Å²) >= 11 is 5.90. The van der Waals surface area contributed by atoms with E-state index in [1.54, 1.807) is 19.1 Å². The van der Waals surface area contributed by atoms with Gasteiger partial charge in [0, 0.05) is 5.02 Å². The lowest BCUT2D eigenvalue weighted by Gasteiger charge is -2.20. The summed E-state index contributed by atoms with van der Waals surface area (Å²) in [5.74, 6) is -0.650. The minimum Gasteiger partial charge on any atom is -0.492 e. The number of benzene rings is 1. The van der Waals surface area contributed by atoms with E-state index in [0.29, 0.717) is 22.9 Å². The lowest BCUT2D eigenvalue weighted by molar-refractivity contribution is 0.0688. The molecule has 0 unspecified atom stereocenters. The summed E-state index contributed by atoms with van der Waals surface area (Å²) in [4.78, 5) is 11.2. The maximum Gasteiger partial charge on any atom is 0.339 e. The highest BCUT2D eigenvalue weighted by Crippen LogP contribution is 2.29. The zero-order valence-electron chi connectivity index (χ0n) is 10.5. The number of halogens is 1. The van der Waals surface area contributed by atoms with Crippen molar-refractivity contribution in [1.82, 2.24) is 0 Å². The lowest BCUT2D eigenvalue weighted by Crippen LogP contribution is -2.18. The average molecular weight is 257 g/mol. The molecule has 0 saturated heterocycles. The molecule has 0 aromatic heterocycles. The highest BCUT2D eigenvalue weighted by Gasteiger charge is 2.19. The molecule has 0 saturated carbocycles. The molecule has 3 nitrogen and oxygen atoms in total. The van der Waals surface area contributed by atoms with Crippen LogP contribution in [0.5, 0.6) is 5.75 Å². The smallest absolute Gasteiger partial charge is 0.339 e. The van der Waals surface area contributed by atoms with E-state index in [2.05, 4.69) is 0 Å². The Morgan fingerprint density at radius 2 is 2.00 bits per heavy atom. The predicted molar refractivity (Wildman–Crippen MR) is 68.1 cm³/mol. The maximum atomic E-state index is 11.2. The molecule has 94 valence electrons. The molecule has 0 fully saturated rings. The van der Waals surface area contributed by atoms with Crippen LogP contribution in [0.3, 0.4) is 0 Å². The first-order valence-electron chi connectivity index (χ1n) is 5.37. The van der Waals surface area contributed by atoms with E-state index in [9.17, 15) is 4.79 Å².